The summed E-state index contributed by atoms with van der Waals surface area (Å²) in [4.78, 5) is 23.4. The summed E-state index contributed by atoms with van der Waals surface area (Å²) >= 11 is 12.5. The fourth-order valence-corrected chi connectivity index (χ4v) is 12.3. The Hall–Kier alpha value is -3.94. The minimum atomic E-state index is -5.55. The first-order chi connectivity index (χ1) is 42.7. The molecule has 0 aliphatic carbocycles. The molecule has 10 N–H and O–H groups in total. The van der Waals surface area contributed by atoms with E-state index in [9.17, 15) is 88.0 Å². The average Bonchev–Trinajstić information content (AvgIpc) is 0.759. The van der Waals surface area contributed by atoms with Gasteiger partial charge in [0.15, 0.2) is 0 Å². The van der Waals surface area contributed by atoms with E-state index in [1.807, 2.05) is 0 Å². The van der Waals surface area contributed by atoms with Gasteiger partial charge in [-0.05, 0) is 143 Å². The molecule has 0 amide bonds. The molecule has 2 heterocycles. The molecule has 0 saturated carbocycles. The number of halogens is 2. The van der Waals surface area contributed by atoms with Crippen LogP contribution < -0.4 is 220 Å². The Labute approximate surface area is 694 Å². The third-order valence-electron chi connectivity index (χ3n) is 11.7. The van der Waals surface area contributed by atoms with Crippen LogP contribution in [0, 0.1) is 10.8 Å². The average molecular weight is 1550 g/mol. The SMILES string of the molecule is N=C([O-])Nc1cc(N=c2nc(Nc3ccc(Nc4nc(Cl)[nH]c(=Nc5ccc(N=Nc6cc7c(S(=O)(=O)[O-])cc(S(=O)(=O)[O-])cc7cc6S(=O)(=O)O)c(NC(=N)[O-])c5)n4)cc3)nc(Cl)[nH]2)ccc1N=Nc1cc2c(S(=O)(=O)[O-])cc(S(=O)(=O)[O-])cc2cc1S(=O)(=O)O.[Na+].[Na+].[Na+].[Na+].[Na+].[Na+]. The predicted molar refractivity (Wildman–Crippen MR) is 310 cm³/mol. The van der Waals surface area contributed by atoms with Crippen molar-refractivity contribution in [2.45, 2.75) is 29.4 Å². The number of fused-ring (bicyclic) bond motifs is 2. The Bertz CT molecular complexity index is 5280. The van der Waals surface area contributed by atoms with Gasteiger partial charge in [0.25, 0.3) is 20.2 Å². The zero-order valence-electron chi connectivity index (χ0n) is 50.3. The number of aromatic amines is 2. The van der Waals surface area contributed by atoms with Crippen molar-refractivity contribution in [3.8, 4) is 0 Å². The number of H-pyrrole nitrogens is 2. The molecule has 0 radical (unpaired) electrons. The first kappa shape index (κ1) is 88.3. The fraction of sp³-hybridized carbons (Fsp3) is 0. The zero-order chi connectivity index (χ0) is 67.2. The van der Waals surface area contributed by atoms with Gasteiger partial charge in [-0.1, -0.05) is 0 Å². The van der Waals surface area contributed by atoms with E-state index in [0.717, 1.165) is 24.3 Å². The van der Waals surface area contributed by atoms with Crippen LogP contribution >= 0.6 is 23.2 Å². The van der Waals surface area contributed by atoms with Crippen molar-refractivity contribution in [1.29, 1.82) is 10.8 Å². The van der Waals surface area contributed by atoms with Crippen molar-refractivity contribution in [2.75, 3.05) is 21.3 Å². The van der Waals surface area contributed by atoms with Crippen LogP contribution in [0.1, 0.15) is 0 Å². The maximum Gasteiger partial charge on any atom is 1.00 e. The standard InChI is InChI=1S/C46H34Cl2N18O20S6.6Na/c47-39-57-43(61-45(59-39)53-23-5-7-29(31(13-23)55-41(49)67)63-65-33-17-27-19(11-37(33)91(81,82)83)9-25(87(69,70)71)15-35(27)89(75,76)77)51-21-1-2-22(4-3-21)52-44-58-40(48)60-46(62-44)54-24-6-8-30(32(14-24)56-42(50)68)64-66-34-18-28-20(12-38(34)92(84,85)86)10-26(88(72,73)74)16-36(28)90(78,79)80;;;;;;/h1-18H,(H3,49,55,67)(H3,50,56,68)(H,69,70,71)(H,72,73,74)(H,75,76,77)(H,78,79,80)(H,81,82,83)(H,84,85,86)(H2,51,53,57,59,61)(H2,52,54,58,60,62);;;;;;/q;6*+1/p-6. The summed E-state index contributed by atoms with van der Waals surface area (Å²) in [6.07, 6.45) is 0. The summed E-state index contributed by atoms with van der Waals surface area (Å²) in [5.41, 5.74) is -2.57. The minimum absolute atomic E-state index is 0. The maximum absolute atomic E-state index is 12.4. The van der Waals surface area contributed by atoms with Crippen molar-refractivity contribution in [3.63, 3.8) is 0 Å². The van der Waals surface area contributed by atoms with Gasteiger partial charge in [0, 0.05) is 34.2 Å². The summed E-state index contributed by atoms with van der Waals surface area (Å²) in [5, 5.41) is 61.3. The minimum Gasteiger partial charge on any atom is -0.846 e. The summed E-state index contributed by atoms with van der Waals surface area (Å²) in [7, 11) is -32.5. The third-order valence-corrected chi connectivity index (χ3v) is 17.2. The van der Waals surface area contributed by atoms with Crippen LogP contribution in [0.25, 0.3) is 21.5 Å². The molecule has 0 bridgehead atoms. The molecule has 52 heteroatoms. The number of nitrogens with one attached hydrogen (secondary N) is 8. The molecular formula is C46H28Cl2N18Na6O20S6. The van der Waals surface area contributed by atoms with E-state index >= 15 is 0 Å². The van der Waals surface area contributed by atoms with Gasteiger partial charge < -0.3 is 49.7 Å². The molecule has 0 saturated heterocycles. The molecule has 478 valence electrons. The van der Waals surface area contributed by atoms with Crippen molar-refractivity contribution < 1.29 is 265 Å². The van der Waals surface area contributed by atoms with Gasteiger partial charge in [-0.3, -0.25) is 29.9 Å². The number of aromatic nitrogens is 6. The number of benzene rings is 7. The van der Waals surface area contributed by atoms with E-state index in [2.05, 4.69) is 81.6 Å². The Morgan fingerprint density at radius 3 is 1.05 bits per heavy atom. The number of azo groups is 2. The van der Waals surface area contributed by atoms with E-state index < -0.39 is 135 Å². The molecule has 9 aromatic rings. The Kier molecular flexibility index (Phi) is 31.5. The number of amidine groups is 2. The van der Waals surface area contributed by atoms with Gasteiger partial charge in [0.05, 0.1) is 42.3 Å². The van der Waals surface area contributed by atoms with Crippen molar-refractivity contribution in [3.05, 3.63) is 131 Å². The van der Waals surface area contributed by atoms with Crippen molar-refractivity contribution in [1.82, 2.24) is 29.9 Å². The first-order valence-corrected chi connectivity index (χ1v) is 33.2. The third kappa shape index (κ3) is 23.0. The number of nitrogens with zero attached hydrogens (tertiary/aromatic N) is 10. The molecule has 9 rings (SSSR count). The molecule has 0 fully saturated rings. The second-order valence-corrected chi connectivity index (χ2v) is 27.0. The Balaban J connectivity index is 0.00000417. The molecule has 0 aliphatic heterocycles. The van der Waals surface area contributed by atoms with Crippen molar-refractivity contribution >= 4 is 186 Å². The smallest absolute Gasteiger partial charge is 0.846 e. The van der Waals surface area contributed by atoms with Gasteiger partial charge in [-0.25, -0.2) is 43.7 Å². The largest absolute Gasteiger partial charge is 1.00 e. The molecule has 0 aliphatic rings. The molecule has 38 nitrogen and oxygen atoms in total. The van der Waals surface area contributed by atoms with Gasteiger partial charge in [0.2, 0.25) is 33.7 Å². The number of hydrogen-bond acceptors (Lipinski definition) is 32. The van der Waals surface area contributed by atoms with E-state index in [-0.39, 0.29) is 257 Å². The van der Waals surface area contributed by atoms with Crippen LogP contribution in [0.3, 0.4) is 0 Å². The summed E-state index contributed by atoms with van der Waals surface area (Å²) in [6, 6.07) is 14.4. The molecule has 98 heavy (non-hydrogen) atoms. The Morgan fingerprint density at radius 1 is 0.429 bits per heavy atom. The molecule has 2 aromatic heterocycles. The van der Waals surface area contributed by atoms with Gasteiger partial charge in [-0.15, -0.1) is 20.5 Å². The predicted octanol–water partition coefficient (Wildman–Crippen LogP) is -14.1. The first-order valence-electron chi connectivity index (χ1n) is 23.9. The van der Waals surface area contributed by atoms with Gasteiger partial charge in [0.1, 0.15) is 73.0 Å². The van der Waals surface area contributed by atoms with Gasteiger partial charge in [-0.2, -0.15) is 36.8 Å². The van der Waals surface area contributed by atoms with E-state index in [1.165, 1.54) is 36.4 Å². The van der Waals surface area contributed by atoms with Crippen molar-refractivity contribution in [2.24, 2.45) is 30.4 Å². The quantitative estimate of drug-likeness (QED) is 0.0125. The van der Waals surface area contributed by atoms with Crippen LogP contribution in [0.15, 0.2) is 169 Å². The fourth-order valence-electron chi connectivity index (χ4n) is 8.02. The van der Waals surface area contributed by atoms with Crippen LogP contribution in [-0.4, -0.2) is 120 Å². The normalized spacial score (nSPS) is 12.3. The second kappa shape index (κ2) is 35.0. The number of hydrogen-bond donors (Lipinski definition) is 10. The molecule has 0 unspecified atom stereocenters. The molecule has 7 aromatic carbocycles. The summed E-state index contributed by atoms with van der Waals surface area (Å²) < 4.78 is 213. The molecule has 0 atom stereocenters. The van der Waals surface area contributed by atoms with Crippen LogP contribution in [0.2, 0.25) is 10.6 Å². The summed E-state index contributed by atoms with van der Waals surface area (Å²) in [6.45, 7) is 0. The van der Waals surface area contributed by atoms with Crippen LogP contribution in [-0.2, 0) is 60.7 Å². The second-order valence-electron chi connectivity index (χ2n) is 18.0. The van der Waals surface area contributed by atoms with Gasteiger partial charge >= 0.3 is 177 Å². The van der Waals surface area contributed by atoms with E-state index in [4.69, 9.17) is 34.0 Å². The monoisotopic (exact) mass is 1550 g/mol. The van der Waals surface area contributed by atoms with Crippen LogP contribution in [0.4, 0.5) is 68.8 Å². The number of anilines is 6. The van der Waals surface area contributed by atoms with Crippen LogP contribution in [0.5, 0.6) is 0 Å². The zero-order valence-corrected chi connectivity index (χ0v) is 68.7. The number of rotatable bonds is 18. The maximum atomic E-state index is 12.4. The molecular weight excluding hydrogens is 1530 g/mol. The molecule has 0 spiro atoms. The summed E-state index contributed by atoms with van der Waals surface area (Å²) in [5.74, 6) is -0.261. The Morgan fingerprint density at radius 2 is 0.755 bits per heavy atom. The topological polar surface area (TPSA) is 637 Å². The van der Waals surface area contributed by atoms with E-state index in [1.54, 1.807) is 0 Å². The van der Waals surface area contributed by atoms with E-state index in [0.29, 0.717) is 47.8 Å².